The number of hydrogen-bond donors (Lipinski definition) is 0. The molecule has 0 fully saturated rings. The molecule has 1 atom stereocenters. The highest BCUT2D eigenvalue weighted by Gasteiger charge is 2.19. The summed E-state index contributed by atoms with van der Waals surface area (Å²) in [7, 11) is 0. The Morgan fingerprint density at radius 1 is 0.266 bits per heavy atom. The maximum atomic E-state index is 12.9. The molecule has 0 heterocycles. The predicted molar refractivity (Wildman–Crippen MR) is 344 cm³/mol. The van der Waals surface area contributed by atoms with Crippen LogP contribution in [0.1, 0.15) is 342 Å². The Hall–Kier alpha value is -3.41. The fraction of sp³-hybridized carbons (Fsp3) is 0.767. The highest BCUT2D eigenvalue weighted by atomic mass is 16.6. The number of unbranched alkanes of at least 4 members (excludes halogenated alkanes) is 37. The molecule has 79 heavy (non-hydrogen) atoms. The minimum atomic E-state index is -0.774. The lowest BCUT2D eigenvalue weighted by atomic mass is 10.0. The molecule has 0 aromatic heterocycles. The second kappa shape index (κ2) is 67.1. The van der Waals surface area contributed by atoms with Gasteiger partial charge in [0.2, 0.25) is 0 Å². The fourth-order valence-corrected chi connectivity index (χ4v) is 9.80. The molecule has 0 bridgehead atoms. The third-order valence-corrected chi connectivity index (χ3v) is 14.9. The molecule has 0 aromatic rings. The van der Waals surface area contributed by atoms with Gasteiger partial charge in [0.05, 0.1) is 0 Å². The van der Waals surface area contributed by atoms with Gasteiger partial charge >= 0.3 is 17.9 Å². The summed E-state index contributed by atoms with van der Waals surface area (Å²) < 4.78 is 16.9. The Bertz CT molecular complexity index is 1500. The summed E-state index contributed by atoms with van der Waals surface area (Å²) in [4.78, 5) is 38.2. The number of carbonyl (C=O) groups is 3. The first-order valence-electron chi connectivity index (χ1n) is 34.1. The van der Waals surface area contributed by atoms with Crippen molar-refractivity contribution in [3.05, 3.63) is 85.1 Å². The molecule has 6 nitrogen and oxygen atoms in total. The topological polar surface area (TPSA) is 78.9 Å². The standard InChI is InChI=1S/C73H128O6/c1-4-7-10-13-16-19-21-23-25-27-29-30-31-32-33-34-35-36-37-38-39-40-41-42-44-45-47-49-51-54-57-60-63-66-72(75)78-69-70(68-77-71(74)65-62-59-56-53-18-15-12-9-6-3)79-73(76)67-64-61-58-55-52-50-48-46-43-28-26-24-22-20-17-14-11-8-5-2/h7,10,16,19,23-26,29-30,32-33,35-36,70H,4-6,8-9,11-15,17-18,20-22,27-28,31,34,37-69H2,1-3H3/b10-7-,19-16-,25-23-,26-24-,30-29-,33-32-,36-35-. The van der Waals surface area contributed by atoms with Gasteiger partial charge in [-0.15, -0.1) is 0 Å². The van der Waals surface area contributed by atoms with Crippen molar-refractivity contribution in [3.8, 4) is 0 Å². The molecule has 0 saturated heterocycles. The summed E-state index contributed by atoms with van der Waals surface area (Å²) in [5.74, 6) is -0.862. The average molecular weight is 1100 g/mol. The van der Waals surface area contributed by atoms with Crippen LogP contribution in [-0.4, -0.2) is 37.2 Å². The van der Waals surface area contributed by atoms with Crippen LogP contribution < -0.4 is 0 Å². The van der Waals surface area contributed by atoms with Gasteiger partial charge in [0.25, 0.3) is 0 Å². The highest BCUT2D eigenvalue weighted by Crippen LogP contribution is 2.17. The molecule has 0 N–H and O–H groups in total. The first-order chi connectivity index (χ1) is 39.0. The zero-order valence-corrected chi connectivity index (χ0v) is 52.4. The Balaban J connectivity index is 4.11. The number of hydrogen-bond acceptors (Lipinski definition) is 6. The number of esters is 3. The summed E-state index contributed by atoms with van der Waals surface area (Å²) >= 11 is 0. The van der Waals surface area contributed by atoms with Crippen molar-refractivity contribution in [2.45, 2.75) is 348 Å². The zero-order chi connectivity index (χ0) is 57.1. The van der Waals surface area contributed by atoms with E-state index in [1.165, 1.54) is 205 Å². The molecule has 0 spiro atoms. The van der Waals surface area contributed by atoms with Gasteiger partial charge in [0.15, 0.2) is 6.10 Å². The second-order valence-corrected chi connectivity index (χ2v) is 22.7. The smallest absolute Gasteiger partial charge is 0.306 e. The molecular weight excluding hydrogens is 973 g/mol. The molecule has 6 heteroatoms. The molecule has 0 aromatic carbocycles. The van der Waals surface area contributed by atoms with Gasteiger partial charge < -0.3 is 14.2 Å². The monoisotopic (exact) mass is 1100 g/mol. The zero-order valence-electron chi connectivity index (χ0n) is 52.4. The van der Waals surface area contributed by atoms with Crippen LogP contribution >= 0.6 is 0 Å². The lowest BCUT2D eigenvalue weighted by Gasteiger charge is -2.18. The summed E-state index contributed by atoms with van der Waals surface area (Å²) in [5.41, 5.74) is 0. The molecule has 1 unspecified atom stereocenters. The van der Waals surface area contributed by atoms with Crippen LogP contribution in [0.4, 0.5) is 0 Å². The molecule has 0 aliphatic rings. The van der Waals surface area contributed by atoms with Gasteiger partial charge in [0, 0.05) is 19.3 Å². The normalized spacial score (nSPS) is 12.6. The summed E-state index contributed by atoms with van der Waals surface area (Å²) in [6.45, 7) is 6.54. The van der Waals surface area contributed by atoms with Crippen molar-refractivity contribution in [2.24, 2.45) is 0 Å². The van der Waals surface area contributed by atoms with Gasteiger partial charge in [-0.25, -0.2) is 0 Å². The van der Waals surface area contributed by atoms with E-state index < -0.39 is 6.10 Å². The van der Waals surface area contributed by atoms with Crippen LogP contribution in [0.15, 0.2) is 85.1 Å². The number of rotatable bonds is 62. The van der Waals surface area contributed by atoms with E-state index in [9.17, 15) is 14.4 Å². The van der Waals surface area contributed by atoms with Crippen LogP contribution in [0.25, 0.3) is 0 Å². The third kappa shape index (κ3) is 65.3. The van der Waals surface area contributed by atoms with E-state index in [-0.39, 0.29) is 31.1 Å². The highest BCUT2D eigenvalue weighted by molar-refractivity contribution is 5.71. The number of carbonyl (C=O) groups excluding carboxylic acids is 3. The lowest BCUT2D eigenvalue weighted by molar-refractivity contribution is -0.167. The predicted octanol–water partition coefficient (Wildman–Crippen LogP) is 23.4. The Morgan fingerprint density at radius 2 is 0.494 bits per heavy atom. The summed E-state index contributed by atoms with van der Waals surface area (Å²) in [6, 6.07) is 0. The maximum absolute atomic E-state index is 12.9. The second-order valence-electron chi connectivity index (χ2n) is 22.7. The van der Waals surface area contributed by atoms with Gasteiger partial charge in [-0.1, -0.05) is 311 Å². The molecule has 456 valence electrons. The molecule has 0 amide bonds. The average Bonchev–Trinajstić information content (AvgIpc) is 3.45. The molecule has 0 saturated carbocycles. The van der Waals surface area contributed by atoms with E-state index in [2.05, 4.69) is 106 Å². The van der Waals surface area contributed by atoms with Crippen molar-refractivity contribution in [2.75, 3.05) is 13.2 Å². The molecule has 0 aliphatic carbocycles. The van der Waals surface area contributed by atoms with Crippen LogP contribution in [0.2, 0.25) is 0 Å². The van der Waals surface area contributed by atoms with E-state index in [1.807, 2.05) is 0 Å². The number of allylic oxidation sites excluding steroid dienone is 14. The summed E-state index contributed by atoms with van der Waals surface area (Å²) in [6.07, 6.45) is 89.0. The van der Waals surface area contributed by atoms with E-state index in [0.717, 1.165) is 96.3 Å². The first-order valence-corrected chi connectivity index (χ1v) is 34.1. The van der Waals surface area contributed by atoms with E-state index in [4.69, 9.17) is 14.2 Å². The molecular formula is C73H128O6. The van der Waals surface area contributed by atoms with Gasteiger partial charge in [0.1, 0.15) is 13.2 Å². The van der Waals surface area contributed by atoms with Crippen molar-refractivity contribution in [1.82, 2.24) is 0 Å². The van der Waals surface area contributed by atoms with Gasteiger partial charge in [-0.3, -0.25) is 14.4 Å². The van der Waals surface area contributed by atoms with Crippen molar-refractivity contribution in [3.63, 3.8) is 0 Å². The van der Waals surface area contributed by atoms with Crippen molar-refractivity contribution >= 4 is 17.9 Å². The van der Waals surface area contributed by atoms with E-state index >= 15 is 0 Å². The van der Waals surface area contributed by atoms with Gasteiger partial charge in [-0.2, -0.15) is 0 Å². The Kier molecular flexibility index (Phi) is 64.2. The summed E-state index contributed by atoms with van der Waals surface area (Å²) in [5, 5.41) is 0. The maximum Gasteiger partial charge on any atom is 0.306 e. The Morgan fingerprint density at radius 3 is 0.785 bits per heavy atom. The quantitative estimate of drug-likeness (QED) is 0.0261. The molecule has 0 aliphatic heterocycles. The largest absolute Gasteiger partial charge is 0.462 e. The van der Waals surface area contributed by atoms with Crippen LogP contribution in [0.3, 0.4) is 0 Å². The fourth-order valence-electron chi connectivity index (χ4n) is 9.80. The Labute approximate surface area is 490 Å². The van der Waals surface area contributed by atoms with Crippen LogP contribution in [0.5, 0.6) is 0 Å². The van der Waals surface area contributed by atoms with E-state index in [0.29, 0.717) is 19.3 Å². The minimum Gasteiger partial charge on any atom is -0.462 e. The van der Waals surface area contributed by atoms with Crippen LogP contribution in [0, 0.1) is 0 Å². The van der Waals surface area contributed by atoms with Crippen molar-refractivity contribution < 1.29 is 28.6 Å². The van der Waals surface area contributed by atoms with Gasteiger partial charge in [-0.05, 0) is 96.3 Å². The van der Waals surface area contributed by atoms with Crippen molar-refractivity contribution in [1.29, 1.82) is 0 Å². The first kappa shape index (κ1) is 75.6. The number of ether oxygens (including phenoxy) is 3. The third-order valence-electron chi connectivity index (χ3n) is 14.9. The molecule has 0 rings (SSSR count). The SMILES string of the molecule is CC/C=C\C/C=C\C/C=C\C/C=C\C/C=C\C/C=C\CCCCCCCCCCCCCCCCC(=O)OCC(COC(=O)CCCCCCCCCCC)OC(=O)CCCCCCCCCCC/C=C\CCCCCCCC. The van der Waals surface area contributed by atoms with E-state index in [1.54, 1.807) is 0 Å². The minimum absolute atomic E-state index is 0.0723. The lowest BCUT2D eigenvalue weighted by Crippen LogP contribution is -2.30. The van der Waals surface area contributed by atoms with Crippen LogP contribution in [-0.2, 0) is 28.6 Å². The molecule has 0 radical (unpaired) electrons.